The van der Waals surface area contributed by atoms with Crippen molar-refractivity contribution in [3.05, 3.63) is 58.2 Å². The van der Waals surface area contributed by atoms with Gasteiger partial charge in [-0.05, 0) is 24.0 Å². The summed E-state index contributed by atoms with van der Waals surface area (Å²) in [5, 5.41) is 6.64. The van der Waals surface area contributed by atoms with Crippen molar-refractivity contribution in [2.24, 2.45) is 0 Å². The number of nitrogen functional groups attached to an aromatic ring is 1. The van der Waals surface area contributed by atoms with Crippen molar-refractivity contribution in [2.75, 3.05) is 5.73 Å². The van der Waals surface area contributed by atoms with Gasteiger partial charge in [-0.2, -0.15) is 4.98 Å². The number of fused-ring (bicyclic) bond motifs is 1. The molecule has 1 atom stereocenters. The molecule has 1 aromatic carbocycles. The molecule has 2 heterocycles. The number of benzene rings is 1. The van der Waals surface area contributed by atoms with Gasteiger partial charge in [0.25, 0.3) is 0 Å². The van der Waals surface area contributed by atoms with Crippen LogP contribution in [0.15, 0.2) is 34.2 Å². The molecular formula is C15H14N4OS. The van der Waals surface area contributed by atoms with Gasteiger partial charge in [0, 0.05) is 11.3 Å². The van der Waals surface area contributed by atoms with Crippen molar-refractivity contribution in [2.45, 2.75) is 25.2 Å². The first kappa shape index (κ1) is 12.5. The fourth-order valence-electron chi connectivity index (χ4n) is 2.87. The summed E-state index contributed by atoms with van der Waals surface area (Å²) in [5.41, 5.74) is 9.22. The molecule has 2 aromatic heterocycles. The zero-order valence-corrected chi connectivity index (χ0v) is 12.1. The van der Waals surface area contributed by atoms with Gasteiger partial charge in [-0.15, -0.1) is 11.3 Å². The van der Waals surface area contributed by atoms with Crippen molar-refractivity contribution in [3.8, 4) is 0 Å². The van der Waals surface area contributed by atoms with Crippen molar-refractivity contribution < 1.29 is 4.52 Å². The number of rotatable bonds is 3. The lowest BCUT2D eigenvalue weighted by atomic mass is 10.0. The van der Waals surface area contributed by atoms with E-state index in [0.717, 1.165) is 24.4 Å². The Morgan fingerprint density at radius 1 is 1.29 bits per heavy atom. The molecule has 0 saturated carbocycles. The first-order valence-electron chi connectivity index (χ1n) is 6.90. The molecule has 0 amide bonds. The monoisotopic (exact) mass is 298 g/mol. The molecular weight excluding hydrogens is 284 g/mol. The van der Waals surface area contributed by atoms with Crippen molar-refractivity contribution in [3.63, 3.8) is 0 Å². The van der Waals surface area contributed by atoms with Crippen molar-refractivity contribution in [1.29, 1.82) is 0 Å². The van der Waals surface area contributed by atoms with E-state index in [4.69, 9.17) is 10.3 Å². The van der Waals surface area contributed by atoms with Gasteiger partial charge in [0.2, 0.25) is 5.89 Å². The molecule has 0 saturated heterocycles. The number of aryl methyl sites for hydroxylation is 1. The number of nitrogens with zero attached hydrogens (tertiary/aromatic N) is 3. The maximum Gasteiger partial charge on any atom is 0.232 e. The Labute approximate surface area is 125 Å². The molecule has 0 radical (unpaired) electrons. The van der Waals surface area contributed by atoms with Crippen LogP contribution in [0.2, 0.25) is 0 Å². The van der Waals surface area contributed by atoms with E-state index >= 15 is 0 Å². The van der Waals surface area contributed by atoms with E-state index in [-0.39, 0.29) is 5.92 Å². The number of anilines is 1. The van der Waals surface area contributed by atoms with Crippen LogP contribution >= 0.6 is 11.3 Å². The largest absolute Gasteiger partial charge is 0.375 e. The van der Waals surface area contributed by atoms with Crippen LogP contribution in [0, 0.1) is 0 Å². The van der Waals surface area contributed by atoms with Gasteiger partial charge in [-0.1, -0.05) is 29.4 Å². The van der Waals surface area contributed by atoms with Crippen molar-refractivity contribution in [1.82, 2.24) is 15.1 Å². The molecule has 0 fully saturated rings. The van der Waals surface area contributed by atoms with Crippen LogP contribution in [0.25, 0.3) is 0 Å². The van der Waals surface area contributed by atoms with Gasteiger partial charge in [0.05, 0.1) is 12.1 Å². The molecule has 5 nitrogen and oxygen atoms in total. The highest BCUT2D eigenvalue weighted by Gasteiger charge is 2.27. The Morgan fingerprint density at radius 3 is 3.05 bits per heavy atom. The second-order valence-corrected chi connectivity index (χ2v) is 6.08. The van der Waals surface area contributed by atoms with E-state index in [2.05, 4.69) is 39.4 Å². The zero-order chi connectivity index (χ0) is 14.2. The number of hydrogen-bond acceptors (Lipinski definition) is 6. The molecule has 0 spiro atoms. The summed E-state index contributed by atoms with van der Waals surface area (Å²) in [4.78, 5) is 8.76. The van der Waals surface area contributed by atoms with E-state index in [1.165, 1.54) is 22.5 Å². The maximum atomic E-state index is 5.63. The van der Waals surface area contributed by atoms with Gasteiger partial charge >= 0.3 is 0 Å². The summed E-state index contributed by atoms with van der Waals surface area (Å²) in [6.45, 7) is 0. The highest BCUT2D eigenvalue weighted by atomic mass is 32.1. The predicted molar refractivity (Wildman–Crippen MR) is 80.2 cm³/mol. The number of hydrogen-bond donors (Lipinski definition) is 1. The van der Waals surface area contributed by atoms with Crippen LogP contribution in [-0.2, 0) is 12.8 Å². The van der Waals surface area contributed by atoms with E-state index in [0.29, 0.717) is 17.4 Å². The lowest BCUT2D eigenvalue weighted by molar-refractivity contribution is 0.376. The second-order valence-electron chi connectivity index (χ2n) is 5.19. The predicted octanol–water partition coefficient (Wildman–Crippen LogP) is 2.78. The maximum absolute atomic E-state index is 5.63. The fourth-order valence-corrected chi connectivity index (χ4v) is 3.43. The van der Waals surface area contributed by atoms with Crippen LogP contribution in [0.1, 0.15) is 40.9 Å². The van der Waals surface area contributed by atoms with E-state index < -0.39 is 0 Å². The van der Waals surface area contributed by atoms with Crippen LogP contribution in [0.4, 0.5) is 5.13 Å². The molecule has 1 aliphatic rings. The average Bonchev–Trinajstić information content (AvgIpc) is 3.19. The van der Waals surface area contributed by atoms with E-state index in [9.17, 15) is 0 Å². The molecule has 0 aliphatic heterocycles. The number of aromatic nitrogens is 3. The van der Waals surface area contributed by atoms with Gasteiger partial charge in [-0.3, -0.25) is 0 Å². The lowest BCUT2D eigenvalue weighted by Gasteiger charge is -2.05. The minimum Gasteiger partial charge on any atom is -0.375 e. The van der Waals surface area contributed by atoms with Crippen LogP contribution < -0.4 is 5.73 Å². The molecule has 0 bridgehead atoms. The summed E-state index contributed by atoms with van der Waals surface area (Å²) < 4.78 is 5.37. The summed E-state index contributed by atoms with van der Waals surface area (Å²) in [6, 6.07) is 8.48. The smallest absolute Gasteiger partial charge is 0.232 e. The quantitative estimate of drug-likeness (QED) is 0.804. The molecule has 1 unspecified atom stereocenters. The van der Waals surface area contributed by atoms with Gasteiger partial charge in [0.1, 0.15) is 0 Å². The Kier molecular flexibility index (Phi) is 2.96. The molecule has 4 rings (SSSR count). The molecule has 1 aliphatic carbocycles. The zero-order valence-electron chi connectivity index (χ0n) is 11.3. The standard InChI is InChI=1S/C15H14N4OS/c16-15-17-10(8-21-15)7-13-18-14(19-20-13)12-6-5-9-3-1-2-4-11(9)12/h1-4,8,12H,5-7H2,(H2,16,17). The Morgan fingerprint density at radius 2 is 2.19 bits per heavy atom. The molecule has 3 aromatic rings. The van der Waals surface area contributed by atoms with Crippen LogP contribution in [-0.4, -0.2) is 15.1 Å². The van der Waals surface area contributed by atoms with Crippen molar-refractivity contribution >= 4 is 16.5 Å². The second kappa shape index (κ2) is 4.96. The van der Waals surface area contributed by atoms with Crippen LogP contribution in [0.5, 0.6) is 0 Å². The Bertz CT molecular complexity index is 779. The van der Waals surface area contributed by atoms with Crippen LogP contribution in [0.3, 0.4) is 0 Å². The molecule has 2 N–H and O–H groups in total. The summed E-state index contributed by atoms with van der Waals surface area (Å²) in [6.07, 6.45) is 2.66. The summed E-state index contributed by atoms with van der Waals surface area (Å²) in [7, 11) is 0. The van der Waals surface area contributed by atoms with Gasteiger partial charge in [-0.25, -0.2) is 4.98 Å². The molecule has 6 heteroatoms. The van der Waals surface area contributed by atoms with Gasteiger partial charge in [0.15, 0.2) is 11.0 Å². The number of thiazole rings is 1. The SMILES string of the molecule is Nc1nc(Cc2nc(C3CCc4ccccc43)no2)cs1. The molecule has 106 valence electrons. The first-order chi connectivity index (χ1) is 10.3. The topological polar surface area (TPSA) is 77.8 Å². The fraction of sp³-hybridized carbons (Fsp3) is 0.267. The van der Waals surface area contributed by atoms with Gasteiger partial charge < -0.3 is 10.3 Å². The first-order valence-corrected chi connectivity index (χ1v) is 7.78. The minimum atomic E-state index is 0.249. The highest BCUT2D eigenvalue weighted by molar-refractivity contribution is 7.13. The average molecular weight is 298 g/mol. The normalized spacial score (nSPS) is 17.0. The third-order valence-electron chi connectivity index (χ3n) is 3.83. The molecule has 21 heavy (non-hydrogen) atoms. The van der Waals surface area contributed by atoms with E-state index in [1.54, 1.807) is 0 Å². The third-order valence-corrected chi connectivity index (χ3v) is 4.55. The lowest BCUT2D eigenvalue weighted by Crippen LogP contribution is -1.99. The summed E-state index contributed by atoms with van der Waals surface area (Å²) >= 11 is 1.42. The summed E-state index contributed by atoms with van der Waals surface area (Å²) in [5.74, 6) is 1.62. The Hall–Kier alpha value is -2.21. The Balaban J connectivity index is 1.58. The third kappa shape index (κ3) is 2.31. The van der Waals surface area contributed by atoms with E-state index in [1.807, 2.05) is 5.38 Å². The minimum absolute atomic E-state index is 0.249. The number of nitrogens with two attached hydrogens (primary N) is 1. The highest BCUT2D eigenvalue weighted by Crippen LogP contribution is 2.36.